The monoisotopic (exact) mass is 398 g/mol. The summed E-state index contributed by atoms with van der Waals surface area (Å²) in [7, 11) is 0. The molecular formula is C20H12ClFN2O2S. The summed E-state index contributed by atoms with van der Waals surface area (Å²) in [4.78, 5) is 13.8. The molecule has 4 nitrogen and oxygen atoms in total. The third-order valence-electron chi connectivity index (χ3n) is 4.02. The van der Waals surface area contributed by atoms with Crippen molar-refractivity contribution in [3.05, 3.63) is 83.0 Å². The van der Waals surface area contributed by atoms with Crippen LogP contribution in [0.4, 0.5) is 10.1 Å². The van der Waals surface area contributed by atoms with Crippen LogP contribution in [0.25, 0.3) is 17.4 Å². The molecule has 0 spiro atoms. The molecule has 1 aliphatic rings. The number of para-hydroxylation sites is 1. The van der Waals surface area contributed by atoms with Crippen LogP contribution in [0.2, 0.25) is 5.02 Å². The highest BCUT2D eigenvalue weighted by molar-refractivity contribution is 7.80. The predicted molar refractivity (Wildman–Crippen MR) is 107 cm³/mol. The van der Waals surface area contributed by atoms with Gasteiger partial charge in [-0.2, -0.15) is 0 Å². The Kier molecular flexibility index (Phi) is 4.51. The molecule has 1 saturated heterocycles. The number of halogens is 2. The van der Waals surface area contributed by atoms with Crippen LogP contribution in [0.15, 0.2) is 70.8 Å². The average molecular weight is 399 g/mol. The largest absolute Gasteiger partial charge is 0.457 e. The van der Waals surface area contributed by atoms with Crippen molar-refractivity contribution in [3.8, 4) is 11.3 Å². The zero-order valence-electron chi connectivity index (χ0n) is 13.8. The molecule has 0 radical (unpaired) electrons. The summed E-state index contributed by atoms with van der Waals surface area (Å²) < 4.78 is 19.8. The molecule has 3 aromatic rings. The highest BCUT2D eigenvalue weighted by Gasteiger charge is 2.33. The molecule has 0 bridgehead atoms. The standard InChI is InChI=1S/C20H12ClFN2O2S/c21-14-6-2-1-5-13(14)18-10-9-12(26-18)11-16-19(25)24(20(27)23-16)17-8-4-3-7-15(17)22/h1-11H,(H,23,27)/b16-11-. The molecule has 1 aromatic heterocycles. The van der Waals surface area contributed by atoms with Gasteiger partial charge >= 0.3 is 0 Å². The molecule has 1 aliphatic heterocycles. The lowest BCUT2D eigenvalue weighted by Gasteiger charge is -2.14. The Morgan fingerprint density at radius 3 is 2.59 bits per heavy atom. The summed E-state index contributed by atoms with van der Waals surface area (Å²) in [6.45, 7) is 0. The molecule has 134 valence electrons. The second kappa shape index (κ2) is 6.98. The summed E-state index contributed by atoms with van der Waals surface area (Å²) in [5.41, 5.74) is 1.04. The average Bonchev–Trinajstić information content (AvgIpc) is 3.21. The fourth-order valence-electron chi connectivity index (χ4n) is 2.77. The Balaban J connectivity index is 1.64. The minimum absolute atomic E-state index is 0.0969. The lowest BCUT2D eigenvalue weighted by atomic mass is 10.2. The highest BCUT2D eigenvalue weighted by Crippen LogP contribution is 2.30. The number of anilines is 1. The Labute approximate surface area is 164 Å². The first-order chi connectivity index (χ1) is 13.0. The SMILES string of the molecule is O=C1/C(=C/c2ccc(-c3ccccc3Cl)o2)NC(=S)N1c1ccccc1F. The molecule has 0 aliphatic carbocycles. The van der Waals surface area contributed by atoms with Gasteiger partial charge < -0.3 is 9.73 Å². The second-order valence-corrected chi connectivity index (χ2v) is 6.56. The first-order valence-electron chi connectivity index (χ1n) is 8.01. The number of nitrogens with zero attached hydrogens (tertiary/aromatic N) is 1. The number of carbonyl (C=O) groups excluding carboxylic acids is 1. The topological polar surface area (TPSA) is 45.5 Å². The maximum Gasteiger partial charge on any atom is 0.281 e. The maximum atomic E-state index is 14.0. The van der Waals surface area contributed by atoms with Crippen molar-refractivity contribution in [2.75, 3.05) is 4.90 Å². The van der Waals surface area contributed by atoms with Crippen LogP contribution in [0.3, 0.4) is 0 Å². The fourth-order valence-corrected chi connectivity index (χ4v) is 3.29. The summed E-state index contributed by atoms with van der Waals surface area (Å²) in [5, 5.41) is 3.47. The minimum atomic E-state index is -0.532. The Bertz CT molecular complexity index is 1090. The summed E-state index contributed by atoms with van der Waals surface area (Å²) in [5.74, 6) is 0.0291. The zero-order chi connectivity index (χ0) is 19.0. The second-order valence-electron chi connectivity index (χ2n) is 5.76. The molecule has 1 N–H and O–H groups in total. The molecule has 4 rings (SSSR count). The van der Waals surface area contributed by atoms with Crippen LogP contribution in [0.1, 0.15) is 5.76 Å². The van der Waals surface area contributed by atoms with Crippen LogP contribution in [-0.4, -0.2) is 11.0 Å². The molecular weight excluding hydrogens is 387 g/mol. The molecule has 0 saturated carbocycles. The van der Waals surface area contributed by atoms with E-state index in [-0.39, 0.29) is 16.5 Å². The van der Waals surface area contributed by atoms with E-state index < -0.39 is 11.7 Å². The van der Waals surface area contributed by atoms with E-state index >= 15 is 0 Å². The van der Waals surface area contributed by atoms with E-state index in [0.717, 1.165) is 10.5 Å². The number of thiocarbonyl (C=S) groups is 1. The number of rotatable bonds is 3. The van der Waals surface area contributed by atoms with E-state index in [9.17, 15) is 9.18 Å². The smallest absolute Gasteiger partial charge is 0.281 e. The van der Waals surface area contributed by atoms with Gasteiger partial charge in [-0.15, -0.1) is 0 Å². The van der Waals surface area contributed by atoms with E-state index in [1.165, 1.54) is 18.2 Å². The molecule has 1 amide bonds. The molecule has 27 heavy (non-hydrogen) atoms. The third kappa shape index (κ3) is 3.25. The van der Waals surface area contributed by atoms with E-state index in [0.29, 0.717) is 16.5 Å². The van der Waals surface area contributed by atoms with Crippen molar-refractivity contribution in [1.82, 2.24) is 5.32 Å². The van der Waals surface area contributed by atoms with Gasteiger partial charge in [-0.3, -0.25) is 4.79 Å². The van der Waals surface area contributed by atoms with Crippen molar-refractivity contribution in [2.45, 2.75) is 0 Å². The summed E-state index contributed by atoms with van der Waals surface area (Å²) in [6, 6.07) is 16.7. The summed E-state index contributed by atoms with van der Waals surface area (Å²) >= 11 is 11.4. The fraction of sp³-hybridized carbons (Fsp3) is 0. The van der Waals surface area contributed by atoms with E-state index in [2.05, 4.69) is 5.32 Å². The van der Waals surface area contributed by atoms with Crippen LogP contribution < -0.4 is 10.2 Å². The molecule has 0 atom stereocenters. The van der Waals surface area contributed by atoms with Crippen molar-refractivity contribution >= 4 is 46.6 Å². The first-order valence-corrected chi connectivity index (χ1v) is 8.79. The van der Waals surface area contributed by atoms with Gasteiger partial charge in [0.15, 0.2) is 5.11 Å². The third-order valence-corrected chi connectivity index (χ3v) is 4.64. The van der Waals surface area contributed by atoms with Crippen molar-refractivity contribution in [2.24, 2.45) is 0 Å². The van der Waals surface area contributed by atoms with E-state index in [1.807, 2.05) is 18.2 Å². The van der Waals surface area contributed by atoms with Gasteiger partial charge in [0.2, 0.25) is 0 Å². The number of furan rings is 1. The zero-order valence-corrected chi connectivity index (χ0v) is 15.4. The minimum Gasteiger partial charge on any atom is -0.457 e. The number of hydrogen-bond donors (Lipinski definition) is 1. The number of amides is 1. The quantitative estimate of drug-likeness (QED) is 0.498. The van der Waals surface area contributed by atoms with Crippen molar-refractivity contribution in [1.29, 1.82) is 0 Å². The van der Waals surface area contributed by atoms with E-state index in [4.69, 9.17) is 28.2 Å². The predicted octanol–water partition coefficient (Wildman–Crippen LogP) is 5.00. The number of nitrogens with one attached hydrogen (secondary N) is 1. The van der Waals surface area contributed by atoms with Gasteiger partial charge in [0.25, 0.3) is 5.91 Å². The van der Waals surface area contributed by atoms with Gasteiger partial charge in [0, 0.05) is 11.6 Å². The Hall–Kier alpha value is -2.96. The molecule has 2 aromatic carbocycles. The molecule has 0 unspecified atom stereocenters. The normalized spacial score (nSPS) is 15.5. The van der Waals surface area contributed by atoms with Crippen molar-refractivity contribution < 1.29 is 13.6 Å². The highest BCUT2D eigenvalue weighted by atomic mass is 35.5. The van der Waals surface area contributed by atoms with Crippen LogP contribution >= 0.6 is 23.8 Å². The number of benzene rings is 2. The number of carbonyl (C=O) groups is 1. The van der Waals surface area contributed by atoms with Gasteiger partial charge in [0.1, 0.15) is 23.0 Å². The van der Waals surface area contributed by atoms with Crippen molar-refractivity contribution in [3.63, 3.8) is 0 Å². The van der Waals surface area contributed by atoms with Crippen LogP contribution in [0.5, 0.6) is 0 Å². The molecule has 2 heterocycles. The lowest BCUT2D eigenvalue weighted by Crippen LogP contribution is -2.31. The lowest BCUT2D eigenvalue weighted by molar-refractivity contribution is -0.113. The molecule has 1 fully saturated rings. The van der Waals surface area contributed by atoms with Gasteiger partial charge in [-0.25, -0.2) is 9.29 Å². The van der Waals surface area contributed by atoms with Gasteiger partial charge in [-0.05, 0) is 48.6 Å². The maximum absolute atomic E-state index is 14.0. The summed E-state index contributed by atoms with van der Waals surface area (Å²) in [6.07, 6.45) is 1.52. The number of hydrogen-bond acceptors (Lipinski definition) is 3. The van der Waals surface area contributed by atoms with Gasteiger partial charge in [0.05, 0.1) is 10.7 Å². The first kappa shape index (κ1) is 17.5. The molecule has 7 heteroatoms. The Morgan fingerprint density at radius 2 is 1.81 bits per heavy atom. The Morgan fingerprint density at radius 1 is 1.07 bits per heavy atom. The van der Waals surface area contributed by atoms with Crippen LogP contribution in [0, 0.1) is 5.82 Å². The van der Waals surface area contributed by atoms with Crippen LogP contribution in [-0.2, 0) is 4.79 Å². The van der Waals surface area contributed by atoms with Gasteiger partial charge in [-0.1, -0.05) is 35.9 Å². The van der Waals surface area contributed by atoms with E-state index in [1.54, 1.807) is 30.3 Å².